The summed E-state index contributed by atoms with van der Waals surface area (Å²) in [5, 5.41) is 26.0. The molecule has 0 aliphatic rings. The van der Waals surface area contributed by atoms with Crippen LogP contribution in [0.5, 0.6) is 0 Å². The summed E-state index contributed by atoms with van der Waals surface area (Å²) in [5.41, 5.74) is -0.780. The second-order valence-corrected chi connectivity index (χ2v) is 4.05. The SMILES string of the molecule is O=C(Cn1cccn1)Nc1ccc(C(=O)O)cc1[N+](=O)[O-]. The van der Waals surface area contributed by atoms with Gasteiger partial charge >= 0.3 is 5.97 Å². The molecule has 1 aromatic heterocycles. The summed E-state index contributed by atoms with van der Waals surface area (Å²) < 4.78 is 1.35. The molecule has 0 saturated heterocycles. The highest BCUT2D eigenvalue weighted by atomic mass is 16.6. The molecule has 1 aromatic carbocycles. The summed E-state index contributed by atoms with van der Waals surface area (Å²) in [6, 6.07) is 4.89. The average molecular weight is 290 g/mol. The summed E-state index contributed by atoms with van der Waals surface area (Å²) in [6.07, 6.45) is 3.07. The molecule has 2 N–H and O–H groups in total. The molecule has 0 unspecified atom stereocenters. The zero-order chi connectivity index (χ0) is 15.4. The number of carboxylic acid groups (broad SMARTS) is 1. The Bertz CT molecular complexity index is 696. The first-order valence-corrected chi connectivity index (χ1v) is 5.76. The first-order chi connectivity index (χ1) is 9.97. The fourth-order valence-corrected chi connectivity index (χ4v) is 1.65. The lowest BCUT2D eigenvalue weighted by atomic mass is 10.1. The van der Waals surface area contributed by atoms with E-state index in [0.29, 0.717) is 0 Å². The summed E-state index contributed by atoms with van der Waals surface area (Å²) >= 11 is 0. The van der Waals surface area contributed by atoms with Gasteiger partial charge in [0.1, 0.15) is 12.2 Å². The number of carbonyl (C=O) groups is 2. The molecule has 0 spiro atoms. The third kappa shape index (κ3) is 3.41. The predicted molar refractivity (Wildman–Crippen MR) is 70.9 cm³/mol. The van der Waals surface area contributed by atoms with Crippen molar-refractivity contribution in [2.45, 2.75) is 6.54 Å². The quantitative estimate of drug-likeness (QED) is 0.627. The number of aromatic carboxylic acids is 1. The van der Waals surface area contributed by atoms with Gasteiger partial charge < -0.3 is 10.4 Å². The molecule has 2 aromatic rings. The van der Waals surface area contributed by atoms with Crippen LogP contribution in [-0.2, 0) is 11.3 Å². The fraction of sp³-hybridized carbons (Fsp3) is 0.0833. The molecule has 9 heteroatoms. The van der Waals surface area contributed by atoms with E-state index in [4.69, 9.17) is 5.11 Å². The minimum absolute atomic E-state index is 0.0674. The monoisotopic (exact) mass is 290 g/mol. The average Bonchev–Trinajstić information content (AvgIpc) is 2.91. The first-order valence-electron chi connectivity index (χ1n) is 5.76. The van der Waals surface area contributed by atoms with Gasteiger partial charge in [-0.05, 0) is 18.2 Å². The van der Waals surface area contributed by atoms with E-state index in [-0.39, 0.29) is 17.8 Å². The Morgan fingerprint density at radius 3 is 2.76 bits per heavy atom. The molecule has 0 aliphatic heterocycles. The normalized spacial score (nSPS) is 10.1. The number of carboxylic acids is 1. The Kier molecular flexibility index (Phi) is 3.93. The van der Waals surface area contributed by atoms with Crippen LogP contribution in [0.2, 0.25) is 0 Å². The van der Waals surface area contributed by atoms with Gasteiger partial charge in [0.2, 0.25) is 5.91 Å². The maximum atomic E-state index is 11.8. The van der Waals surface area contributed by atoms with E-state index >= 15 is 0 Å². The van der Waals surface area contributed by atoms with Gasteiger partial charge in [-0.1, -0.05) is 0 Å². The second kappa shape index (κ2) is 5.82. The Morgan fingerprint density at radius 1 is 1.43 bits per heavy atom. The number of nitro benzene ring substituents is 1. The number of hydrogen-bond acceptors (Lipinski definition) is 5. The molecule has 108 valence electrons. The molecule has 0 atom stereocenters. The lowest BCUT2D eigenvalue weighted by Crippen LogP contribution is -2.19. The van der Waals surface area contributed by atoms with Crippen LogP contribution in [0, 0.1) is 10.1 Å². The molecule has 0 saturated carbocycles. The minimum Gasteiger partial charge on any atom is -0.478 e. The number of amides is 1. The zero-order valence-corrected chi connectivity index (χ0v) is 10.6. The fourth-order valence-electron chi connectivity index (χ4n) is 1.65. The van der Waals surface area contributed by atoms with E-state index in [1.807, 2.05) is 0 Å². The second-order valence-electron chi connectivity index (χ2n) is 4.05. The molecule has 1 heterocycles. The molecule has 0 aliphatic carbocycles. The zero-order valence-electron chi connectivity index (χ0n) is 10.6. The molecule has 0 fully saturated rings. The predicted octanol–water partition coefficient (Wildman–Crippen LogP) is 1.13. The van der Waals surface area contributed by atoms with E-state index in [9.17, 15) is 19.7 Å². The summed E-state index contributed by atoms with van der Waals surface area (Å²) in [6.45, 7) is -0.106. The Balaban J connectivity index is 2.21. The van der Waals surface area contributed by atoms with Crippen LogP contribution in [0.4, 0.5) is 11.4 Å². The van der Waals surface area contributed by atoms with Gasteiger partial charge in [0, 0.05) is 18.5 Å². The third-order valence-electron chi connectivity index (χ3n) is 2.58. The van der Waals surface area contributed by atoms with Crippen molar-refractivity contribution in [1.82, 2.24) is 9.78 Å². The third-order valence-corrected chi connectivity index (χ3v) is 2.58. The maximum Gasteiger partial charge on any atom is 0.335 e. The van der Waals surface area contributed by atoms with Crippen molar-refractivity contribution >= 4 is 23.3 Å². The number of aromatic nitrogens is 2. The molecular weight excluding hydrogens is 280 g/mol. The van der Waals surface area contributed by atoms with E-state index < -0.39 is 22.5 Å². The van der Waals surface area contributed by atoms with E-state index in [1.54, 1.807) is 12.3 Å². The van der Waals surface area contributed by atoms with Crippen LogP contribution in [0.15, 0.2) is 36.7 Å². The van der Waals surface area contributed by atoms with Crippen LogP contribution in [0.3, 0.4) is 0 Å². The van der Waals surface area contributed by atoms with E-state index in [1.165, 1.54) is 23.0 Å². The van der Waals surface area contributed by atoms with Crippen molar-refractivity contribution in [3.05, 3.63) is 52.3 Å². The topological polar surface area (TPSA) is 127 Å². The smallest absolute Gasteiger partial charge is 0.335 e. The summed E-state index contributed by atoms with van der Waals surface area (Å²) in [4.78, 5) is 32.7. The van der Waals surface area contributed by atoms with Crippen LogP contribution >= 0.6 is 0 Å². The molecular formula is C12H10N4O5. The summed E-state index contributed by atoms with van der Waals surface area (Å²) in [7, 11) is 0. The van der Waals surface area contributed by atoms with Crippen molar-refractivity contribution in [3.8, 4) is 0 Å². The number of anilines is 1. The largest absolute Gasteiger partial charge is 0.478 e. The standard InChI is InChI=1S/C12H10N4O5/c17-11(7-15-5-1-4-13-15)14-9-3-2-8(12(18)19)6-10(9)16(20)21/h1-6H,7H2,(H,14,17)(H,18,19). The first kappa shape index (κ1) is 14.2. The highest BCUT2D eigenvalue weighted by Gasteiger charge is 2.19. The number of nitro groups is 1. The number of hydrogen-bond donors (Lipinski definition) is 2. The maximum absolute atomic E-state index is 11.8. The van der Waals surface area contributed by atoms with Gasteiger partial charge in [-0.2, -0.15) is 5.10 Å². The van der Waals surface area contributed by atoms with Gasteiger partial charge in [0.25, 0.3) is 5.69 Å². The van der Waals surface area contributed by atoms with Crippen molar-refractivity contribution in [1.29, 1.82) is 0 Å². The Morgan fingerprint density at radius 2 is 2.19 bits per heavy atom. The number of nitrogens with one attached hydrogen (secondary N) is 1. The lowest BCUT2D eigenvalue weighted by molar-refractivity contribution is -0.384. The molecule has 9 nitrogen and oxygen atoms in total. The molecule has 0 bridgehead atoms. The van der Waals surface area contributed by atoms with Crippen LogP contribution in [-0.4, -0.2) is 31.7 Å². The molecule has 1 amide bonds. The molecule has 2 rings (SSSR count). The number of rotatable bonds is 5. The van der Waals surface area contributed by atoms with Gasteiger partial charge in [-0.15, -0.1) is 0 Å². The number of benzene rings is 1. The minimum atomic E-state index is -1.28. The number of carbonyl (C=O) groups excluding carboxylic acids is 1. The van der Waals surface area contributed by atoms with Gasteiger partial charge in [-0.25, -0.2) is 4.79 Å². The van der Waals surface area contributed by atoms with Crippen LogP contribution < -0.4 is 5.32 Å². The van der Waals surface area contributed by atoms with E-state index in [0.717, 1.165) is 6.07 Å². The summed E-state index contributed by atoms with van der Waals surface area (Å²) in [5.74, 6) is -1.79. The van der Waals surface area contributed by atoms with Crippen LogP contribution in [0.25, 0.3) is 0 Å². The van der Waals surface area contributed by atoms with Gasteiger partial charge in [-0.3, -0.25) is 19.6 Å². The van der Waals surface area contributed by atoms with Gasteiger partial charge in [0.05, 0.1) is 10.5 Å². The Labute approximate surface area is 118 Å². The van der Waals surface area contributed by atoms with Crippen molar-refractivity contribution in [2.24, 2.45) is 0 Å². The van der Waals surface area contributed by atoms with E-state index in [2.05, 4.69) is 10.4 Å². The van der Waals surface area contributed by atoms with Gasteiger partial charge in [0.15, 0.2) is 0 Å². The highest BCUT2D eigenvalue weighted by Crippen LogP contribution is 2.25. The van der Waals surface area contributed by atoms with Crippen molar-refractivity contribution in [3.63, 3.8) is 0 Å². The molecule has 21 heavy (non-hydrogen) atoms. The van der Waals surface area contributed by atoms with Crippen molar-refractivity contribution < 1.29 is 19.6 Å². The Hall–Kier alpha value is -3.23. The molecule has 0 radical (unpaired) electrons. The van der Waals surface area contributed by atoms with Crippen LogP contribution in [0.1, 0.15) is 10.4 Å². The number of nitrogens with zero attached hydrogens (tertiary/aromatic N) is 3. The highest BCUT2D eigenvalue weighted by molar-refractivity contribution is 5.95. The van der Waals surface area contributed by atoms with Crippen molar-refractivity contribution in [2.75, 3.05) is 5.32 Å². The lowest BCUT2D eigenvalue weighted by Gasteiger charge is -2.07.